The van der Waals surface area contributed by atoms with Crippen LogP contribution in [0.1, 0.15) is 25.5 Å². The van der Waals surface area contributed by atoms with E-state index in [4.69, 9.17) is 14.2 Å². The van der Waals surface area contributed by atoms with Crippen LogP contribution in [0, 0.1) is 0 Å². The molecule has 20 heavy (non-hydrogen) atoms. The molecular weight excluding hydrogens is 258 g/mol. The van der Waals surface area contributed by atoms with Crippen molar-refractivity contribution in [1.29, 1.82) is 0 Å². The average Bonchev–Trinajstić information content (AvgIpc) is 2.44. The van der Waals surface area contributed by atoms with Gasteiger partial charge in [0, 0.05) is 19.2 Å². The number of aliphatic hydroxyl groups excluding tert-OH is 1. The second kappa shape index (κ2) is 6.43. The van der Waals surface area contributed by atoms with Crippen LogP contribution in [-0.2, 0) is 4.74 Å². The Labute approximate surface area is 119 Å². The summed E-state index contributed by atoms with van der Waals surface area (Å²) in [6.07, 6.45) is -0.595. The predicted octanol–water partition coefficient (Wildman–Crippen LogP) is 1.51. The molecule has 0 aliphatic carbocycles. The molecule has 5 heteroatoms. The molecule has 2 rings (SSSR count). The molecular formula is C15H23NO4. The molecule has 1 atom stereocenters. The molecule has 0 fully saturated rings. The number of β-amino-alcohol motifs (C(OH)–C–C–N with tert-alkyl or cyclic N) is 1. The van der Waals surface area contributed by atoms with Crippen molar-refractivity contribution >= 4 is 0 Å². The van der Waals surface area contributed by atoms with Gasteiger partial charge in [-0.2, -0.15) is 0 Å². The van der Waals surface area contributed by atoms with Gasteiger partial charge in [0.25, 0.3) is 0 Å². The first-order valence-corrected chi connectivity index (χ1v) is 6.83. The highest BCUT2D eigenvalue weighted by atomic mass is 16.6. The van der Waals surface area contributed by atoms with Gasteiger partial charge < -0.3 is 24.6 Å². The largest absolute Gasteiger partial charge is 0.486 e. The molecule has 1 unspecified atom stereocenters. The molecule has 1 aliphatic rings. The lowest BCUT2D eigenvalue weighted by Gasteiger charge is -2.27. The summed E-state index contributed by atoms with van der Waals surface area (Å²) >= 11 is 0. The summed E-state index contributed by atoms with van der Waals surface area (Å²) < 4.78 is 16.1. The van der Waals surface area contributed by atoms with Crippen LogP contribution in [0.15, 0.2) is 18.2 Å². The van der Waals surface area contributed by atoms with E-state index in [0.717, 1.165) is 11.3 Å². The summed E-state index contributed by atoms with van der Waals surface area (Å²) in [4.78, 5) is 0. The van der Waals surface area contributed by atoms with E-state index >= 15 is 0 Å². The molecule has 0 radical (unpaired) electrons. The zero-order valence-corrected chi connectivity index (χ0v) is 12.3. The van der Waals surface area contributed by atoms with E-state index in [9.17, 15) is 5.11 Å². The number of nitrogens with one attached hydrogen (secondary N) is 1. The number of rotatable bonds is 6. The molecule has 0 amide bonds. The molecule has 5 nitrogen and oxygen atoms in total. The van der Waals surface area contributed by atoms with Crippen molar-refractivity contribution < 1.29 is 19.3 Å². The lowest BCUT2D eigenvalue weighted by Crippen LogP contribution is -2.45. The third-order valence-corrected chi connectivity index (χ3v) is 3.23. The minimum Gasteiger partial charge on any atom is -0.486 e. The fourth-order valence-corrected chi connectivity index (χ4v) is 2.17. The van der Waals surface area contributed by atoms with E-state index in [0.29, 0.717) is 32.1 Å². The number of fused-ring (bicyclic) bond motifs is 1. The van der Waals surface area contributed by atoms with Crippen molar-refractivity contribution in [2.24, 2.45) is 0 Å². The lowest BCUT2D eigenvalue weighted by molar-refractivity contribution is 0.107. The molecule has 1 heterocycles. The third kappa shape index (κ3) is 3.85. The zero-order chi connectivity index (χ0) is 14.6. The quantitative estimate of drug-likeness (QED) is 0.827. The predicted molar refractivity (Wildman–Crippen MR) is 76.3 cm³/mol. The van der Waals surface area contributed by atoms with Crippen molar-refractivity contribution in [2.75, 3.05) is 33.5 Å². The molecule has 1 aliphatic heterocycles. The first kappa shape index (κ1) is 15.1. The maximum absolute atomic E-state index is 10.3. The van der Waals surface area contributed by atoms with Crippen molar-refractivity contribution in [3.05, 3.63) is 23.8 Å². The number of methoxy groups -OCH3 is 1. The van der Waals surface area contributed by atoms with E-state index in [2.05, 4.69) is 5.32 Å². The maximum Gasteiger partial charge on any atom is 0.161 e. The van der Waals surface area contributed by atoms with Gasteiger partial charge in [-0.05, 0) is 31.5 Å². The topological polar surface area (TPSA) is 60.0 Å². The van der Waals surface area contributed by atoms with Gasteiger partial charge in [0.15, 0.2) is 11.5 Å². The minimum absolute atomic E-state index is 0.177. The average molecular weight is 281 g/mol. The van der Waals surface area contributed by atoms with Crippen molar-refractivity contribution in [3.8, 4) is 11.5 Å². The summed E-state index contributed by atoms with van der Waals surface area (Å²) in [5.74, 6) is 1.43. The Bertz CT molecular complexity index is 447. The molecule has 112 valence electrons. The van der Waals surface area contributed by atoms with Crippen molar-refractivity contribution in [1.82, 2.24) is 5.32 Å². The smallest absolute Gasteiger partial charge is 0.161 e. The number of benzene rings is 1. The molecule has 0 aromatic heterocycles. The van der Waals surface area contributed by atoms with E-state index in [1.165, 1.54) is 0 Å². The highest BCUT2D eigenvalue weighted by Gasteiger charge is 2.20. The van der Waals surface area contributed by atoms with Crippen LogP contribution >= 0.6 is 0 Å². The molecule has 2 N–H and O–H groups in total. The summed E-state index contributed by atoms with van der Waals surface area (Å²) in [7, 11) is 1.67. The molecule has 1 aromatic rings. The van der Waals surface area contributed by atoms with E-state index in [1.807, 2.05) is 32.0 Å². The van der Waals surface area contributed by atoms with Gasteiger partial charge in [-0.15, -0.1) is 0 Å². The molecule has 1 aromatic carbocycles. The number of hydrogen-bond acceptors (Lipinski definition) is 5. The number of hydrogen-bond donors (Lipinski definition) is 2. The fourth-order valence-electron chi connectivity index (χ4n) is 2.17. The Hall–Kier alpha value is -1.30. The first-order chi connectivity index (χ1) is 9.52. The van der Waals surface area contributed by atoms with E-state index in [1.54, 1.807) is 7.11 Å². The molecule has 0 spiro atoms. The highest BCUT2D eigenvalue weighted by Crippen LogP contribution is 2.32. The standard InChI is InChI=1S/C15H23NO4/c1-15(2,10-18-3)16-9-12(17)11-4-5-13-14(8-11)20-7-6-19-13/h4-5,8,12,16-17H,6-7,9-10H2,1-3H3. The molecule has 0 saturated heterocycles. The molecule has 0 bridgehead atoms. The number of ether oxygens (including phenoxy) is 3. The van der Waals surface area contributed by atoms with Crippen LogP contribution < -0.4 is 14.8 Å². The Morgan fingerprint density at radius 1 is 1.30 bits per heavy atom. The minimum atomic E-state index is -0.595. The van der Waals surface area contributed by atoms with Gasteiger partial charge in [0.1, 0.15) is 13.2 Å². The normalized spacial score (nSPS) is 16.0. The van der Waals surface area contributed by atoms with Gasteiger partial charge in [0.2, 0.25) is 0 Å². The summed E-state index contributed by atoms with van der Waals surface area (Å²) in [6, 6.07) is 5.54. The van der Waals surface area contributed by atoms with E-state index in [-0.39, 0.29) is 5.54 Å². The second-order valence-corrected chi connectivity index (χ2v) is 5.62. The van der Waals surface area contributed by atoms with Crippen LogP contribution in [-0.4, -0.2) is 44.1 Å². The Morgan fingerprint density at radius 3 is 2.70 bits per heavy atom. The first-order valence-electron chi connectivity index (χ1n) is 6.83. The van der Waals surface area contributed by atoms with Crippen LogP contribution in [0.5, 0.6) is 11.5 Å². The summed E-state index contributed by atoms with van der Waals surface area (Å²) in [5.41, 5.74) is 0.638. The summed E-state index contributed by atoms with van der Waals surface area (Å²) in [6.45, 7) is 6.23. The van der Waals surface area contributed by atoms with Crippen molar-refractivity contribution in [3.63, 3.8) is 0 Å². The third-order valence-electron chi connectivity index (χ3n) is 3.23. The van der Waals surface area contributed by atoms with Crippen LogP contribution in [0.2, 0.25) is 0 Å². The van der Waals surface area contributed by atoms with Gasteiger partial charge in [-0.1, -0.05) is 6.07 Å². The maximum atomic E-state index is 10.3. The van der Waals surface area contributed by atoms with Gasteiger partial charge in [0.05, 0.1) is 12.7 Å². The summed E-state index contributed by atoms with van der Waals surface area (Å²) in [5, 5.41) is 13.5. The van der Waals surface area contributed by atoms with Crippen LogP contribution in [0.3, 0.4) is 0 Å². The van der Waals surface area contributed by atoms with Crippen LogP contribution in [0.4, 0.5) is 0 Å². The highest BCUT2D eigenvalue weighted by molar-refractivity contribution is 5.44. The van der Waals surface area contributed by atoms with Crippen LogP contribution in [0.25, 0.3) is 0 Å². The second-order valence-electron chi connectivity index (χ2n) is 5.62. The number of aliphatic hydroxyl groups is 1. The monoisotopic (exact) mass is 281 g/mol. The van der Waals surface area contributed by atoms with Gasteiger partial charge >= 0.3 is 0 Å². The van der Waals surface area contributed by atoms with Gasteiger partial charge in [-0.3, -0.25) is 0 Å². The Kier molecular flexibility index (Phi) is 4.86. The SMILES string of the molecule is COCC(C)(C)NCC(O)c1ccc2c(c1)OCCO2. The zero-order valence-electron chi connectivity index (χ0n) is 12.3. The lowest BCUT2D eigenvalue weighted by atomic mass is 10.0. The van der Waals surface area contributed by atoms with Gasteiger partial charge in [-0.25, -0.2) is 0 Å². The van der Waals surface area contributed by atoms with Crippen molar-refractivity contribution in [2.45, 2.75) is 25.5 Å². The molecule has 0 saturated carbocycles. The van der Waals surface area contributed by atoms with E-state index < -0.39 is 6.10 Å². The Balaban J connectivity index is 1.97. The fraction of sp³-hybridized carbons (Fsp3) is 0.600. The Morgan fingerprint density at radius 2 is 2.00 bits per heavy atom.